The molecule has 2 aromatic carbocycles. The Hall–Kier alpha value is -3.44. The van der Waals surface area contributed by atoms with Gasteiger partial charge in [-0.3, -0.25) is 0 Å². The Balaban J connectivity index is 0.000000218. The van der Waals surface area contributed by atoms with E-state index in [1.807, 2.05) is 54.5 Å². The van der Waals surface area contributed by atoms with Gasteiger partial charge < -0.3 is 14.4 Å². The maximum absolute atomic E-state index is 8.60. The molecule has 5 aromatic heterocycles. The Kier molecular flexibility index (Phi) is 6.49. The van der Waals surface area contributed by atoms with E-state index in [9.17, 15) is 0 Å². The summed E-state index contributed by atoms with van der Waals surface area (Å²) >= 11 is 1.38. The fourth-order valence-corrected chi connectivity index (χ4v) is 6.33. The second kappa shape index (κ2) is 13.0. The van der Waals surface area contributed by atoms with Crippen molar-refractivity contribution in [3.8, 4) is 22.5 Å². The topological polar surface area (TPSA) is 51.8 Å². The Morgan fingerprint density at radius 2 is 1.67 bits per heavy atom. The van der Waals surface area contributed by atoms with Gasteiger partial charge in [-0.1, -0.05) is 71.7 Å². The molecule has 0 aliphatic rings. The SMILES string of the molecule is [2H]C([2H])([2H])c1c[c-]c(-c2cc(C)c(C([2H])([2H])C(C)(C)C)cn2)cc1.[2H]C([2H])([2H])c1cc2oc3c[c-]c(-c4cc(C([2H])([2H])C(C)(C)C)ccn4)c4sc(n1)c2c34.[Ir]. The van der Waals surface area contributed by atoms with Crippen molar-refractivity contribution >= 4 is 42.8 Å². The second-order valence-electron chi connectivity index (χ2n) is 13.2. The number of thiophene rings is 1. The van der Waals surface area contributed by atoms with E-state index >= 15 is 0 Å². The van der Waals surface area contributed by atoms with Crippen LogP contribution in [0.2, 0.25) is 0 Å². The molecule has 7 rings (SSSR count). The average Bonchev–Trinajstić information content (AvgIpc) is 3.66. The maximum Gasteiger partial charge on any atom is 0.125 e. The standard InChI is InChI=1S/C22H19N2OS.C18H22N.Ir/c1-12-9-17-19-18-16(25-17)6-5-14(20(18)26-21(19)24-12)15-10-13(7-8-23-15)11-22(2,3)4;1-13-6-8-15(9-7-13)17-10-14(2)16(12-19-17)11-18(3,4)5;/h6-10H,11H2,1-4H3;6-8,10,12H,11H2,1-5H3;/q2*-1;/i2*1D3,11D2;. The van der Waals surface area contributed by atoms with Crippen molar-refractivity contribution in [2.24, 2.45) is 10.8 Å². The molecule has 0 atom stereocenters. The predicted molar refractivity (Wildman–Crippen MR) is 189 cm³/mol. The molecule has 6 heteroatoms. The van der Waals surface area contributed by atoms with E-state index in [1.165, 1.54) is 23.5 Å². The molecule has 0 fully saturated rings. The van der Waals surface area contributed by atoms with Crippen molar-refractivity contribution in [1.82, 2.24) is 15.0 Å². The first-order valence-corrected chi connectivity index (χ1v) is 15.5. The number of furan rings is 1. The molecule has 0 unspecified atom stereocenters. The van der Waals surface area contributed by atoms with E-state index in [0.717, 1.165) is 26.6 Å². The predicted octanol–water partition coefficient (Wildman–Crippen LogP) is 11.1. The third-order valence-electron chi connectivity index (χ3n) is 6.91. The van der Waals surface area contributed by atoms with Crippen LogP contribution in [0.15, 0.2) is 65.3 Å². The summed E-state index contributed by atoms with van der Waals surface area (Å²) in [6, 6.07) is 19.4. The molecule has 1 radical (unpaired) electrons. The summed E-state index contributed by atoms with van der Waals surface area (Å²) in [7, 11) is 0. The first-order valence-electron chi connectivity index (χ1n) is 19.7. The molecule has 0 bridgehead atoms. The van der Waals surface area contributed by atoms with E-state index in [0.29, 0.717) is 44.1 Å². The number of pyridine rings is 3. The first kappa shape index (κ1) is 23.0. The number of rotatable bonds is 4. The van der Waals surface area contributed by atoms with Crippen LogP contribution in [0, 0.1) is 43.6 Å². The fourth-order valence-electron chi connectivity index (χ4n) is 5.12. The summed E-state index contributed by atoms with van der Waals surface area (Å²) in [6.45, 7) is 8.58. The smallest absolute Gasteiger partial charge is 0.125 e. The van der Waals surface area contributed by atoms with Gasteiger partial charge in [-0.25, -0.2) is 4.98 Å². The minimum atomic E-state index is -2.33. The minimum absolute atomic E-state index is 0. The summed E-state index contributed by atoms with van der Waals surface area (Å²) in [5.74, 6) is 0. The van der Waals surface area contributed by atoms with E-state index in [1.54, 1.807) is 42.7 Å². The fraction of sp³-hybridized carbons (Fsp3) is 0.325. The van der Waals surface area contributed by atoms with Crippen LogP contribution in [-0.2, 0) is 32.9 Å². The van der Waals surface area contributed by atoms with Gasteiger partial charge in [0, 0.05) is 63.4 Å². The van der Waals surface area contributed by atoms with Gasteiger partial charge >= 0.3 is 0 Å². The molecule has 0 N–H and O–H groups in total. The number of hydrogen-bond acceptors (Lipinski definition) is 5. The van der Waals surface area contributed by atoms with Crippen LogP contribution in [0.25, 0.3) is 54.0 Å². The van der Waals surface area contributed by atoms with Crippen LogP contribution in [-0.4, -0.2) is 15.0 Å². The van der Waals surface area contributed by atoms with Crippen LogP contribution in [0.1, 0.15) is 83.2 Å². The van der Waals surface area contributed by atoms with Gasteiger partial charge in [0.05, 0.1) is 5.58 Å². The van der Waals surface area contributed by atoms with Crippen LogP contribution < -0.4 is 0 Å². The van der Waals surface area contributed by atoms with Crippen LogP contribution in [0.5, 0.6) is 0 Å². The van der Waals surface area contributed by atoms with Crippen LogP contribution in [0.3, 0.4) is 0 Å². The third-order valence-corrected chi connectivity index (χ3v) is 8.01. The molecule has 4 nitrogen and oxygen atoms in total. The Bertz CT molecular complexity index is 2510. The van der Waals surface area contributed by atoms with Crippen molar-refractivity contribution in [2.75, 3.05) is 0 Å². The molecule has 239 valence electrons. The van der Waals surface area contributed by atoms with Gasteiger partial charge in [-0.2, -0.15) is 11.3 Å². The van der Waals surface area contributed by atoms with E-state index in [-0.39, 0.29) is 31.4 Å². The zero-order valence-electron chi connectivity index (χ0n) is 36.8. The summed E-state index contributed by atoms with van der Waals surface area (Å²) in [6.07, 6.45) is 0.130. The van der Waals surface area contributed by atoms with Gasteiger partial charge in [0.1, 0.15) is 10.4 Å². The molecule has 0 saturated heterocycles. The zero-order valence-corrected chi connectivity index (χ0v) is 30.0. The van der Waals surface area contributed by atoms with Crippen molar-refractivity contribution in [3.05, 3.63) is 101 Å². The second-order valence-corrected chi connectivity index (χ2v) is 14.2. The number of aromatic nitrogens is 3. The van der Waals surface area contributed by atoms with Crippen LogP contribution >= 0.6 is 11.3 Å². The Morgan fingerprint density at radius 1 is 0.870 bits per heavy atom. The summed E-state index contributed by atoms with van der Waals surface area (Å²) in [5.41, 5.74) is 4.81. The number of benzene rings is 2. The zero-order chi connectivity index (χ0) is 40.7. The quantitative estimate of drug-likeness (QED) is 0.166. The van der Waals surface area contributed by atoms with Gasteiger partial charge in [-0.15, -0.1) is 53.1 Å². The maximum atomic E-state index is 8.60. The molecular weight excluding hydrogens is 763 g/mol. The molecular formula is C40H41IrN3OS-2. The van der Waals surface area contributed by atoms with Crippen molar-refractivity contribution in [3.63, 3.8) is 0 Å². The molecule has 5 heterocycles. The molecule has 0 aliphatic carbocycles. The summed E-state index contributed by atoms with van der Waals surface area (Å²) in [5, 5.41) is 1.68. The molecule has 0 aliphatic heterocycles. The normalized spacial score (nSPS) is 16.4. The molecule has 0 amide bonds. The first-order chi connectivity index (χ1) is 25.2. The molecule has 7 aromatic rings. The van der Waals surface area contributed by atoms with Gasteiger partial charge in [-0.05, 0) is 70.5 Å². The Labute approximate surface area is 304 Å². The third kappa shape index (κ3) is 7.41. The van der Waals surface area contributed by atoms with E-state index in [2.05, 4.69) is 27.1 Å². The van der Waals surface area contributed by atoms with Gasteiger partial charge in [0.25, 0.3) is 0 Å². The van der Waals surface area contributed by atoms with Crippen molar-refractivity contribution in [1.29, 1.82) is 0 Å². The van der Waals surface area contributed by atoms with Crippen LogP contribution in [0.4, 0.5) is 0 Å². The van der Waals surface area contributed by atoms with Crippen molar-refractivity contribution < 1.29 is 38.2 Å². The van der Waals surface area contributed by atoms with E-state index < -0.39 is 37.3 Å². The van der Waals surface area contributed by atoms with Gasteiger partial charge in [0.15, 0.2) is 0 Å². The average molecular weight is 814 g/mol. The summed E-state index contributed by atoms with van der Waals surface area (Å²) in [4.78, 5) is 13.8. The Morgan fingerprint density at radius 3 is 2.35 bits per heavy atom. The summed E-state index contributed by atoms with van der Waals surface area (Å²) < 4.78 is 86.0. The minimum Gasteiger partial charge on any atom is -0.500 e. The number of aryl methyl sites for hydroxylation is 3. The van der Waals surface area contributed by atoms with Crippen molar-refractivity contribution in [2.45, 2.75) is 74.9 Å². The largest absolute Gasteiger partial charge is 0.500 e. The van der Waals surface area contributed by atoms with Gasteiger partial charge in [0.2, 0.25) is 0 Å². The monoisotopic (exact) mass is 814 g/mol. The van der Waals surface area contributed by atoms with E-state index in [4.69, 9.17) is 18.1 Å². The molecule has 0 saturated carbocycles. The molecule has 46 heavy (non-hydrogen) atoms. The molecule has 0 spiro atoms. The number of nitrogens with zero attached hydrogens (tertiary/aromatic N) is 3. The number of hydrogen-bond donors (Lipinski definition) is 0.